The molecule has 0 aliphatic carbocycles. The number of aromatic nitrogens is 2. The number of rotatable bonds is 4. The van der Waals surface area contributed by atoms with E-state index in [0.717, 1.165) is 24.7 Å². The van der Waals surface area contributed by atoms with Crippen molar-refractivity contribution >= 4 is 11.9 Å². The molecule has 0 atom stereocenters. The van der Waals surface area contributed by atoms with Gasteiger partial charge in [-0.25, -0.2) is 9.97 Å². The molecule has 1 aromatic heterocycles. The number of piperidine rings is 1. The molecular weight excluding hydrogens is 324 g/mol. The van der Waals surface area contributed by atoms with Gasteiger partial charge in [-0.1, -0.05) is 32.9 Å². The minimum atomic E-state index is -0.0800. The van der Waals surface area contributed by atoms with Crippen molar-refractivity contribution < 1.29 is 4.79 Å². The normalized spacial score (nSPS) is 15.0. The van der Waals surface area contributed by atoms with Crippen molar-refractivity contribution in [1.29, 1.82) is 0 Å². The Hall–Kier alpha value is -2.43. The predicted molar refractivity (Wildman–Crippen MR) is 104 cm³/mol. The van der Waals surface area contributed by atoms with Gasteiger partial charge in [-0.05, 0) is 48.4 Å². The Balaban J connectivity index is 1.60. The van der Waals surface area contributed by atoms with E-state index in [0.29, 0.717) is 12.1 Å². The molecule has 2 aromatic rings. The summed E-state index contributed by atoms with van der Waals surface area (Å²) in [5.74, 6) is 0.689. The molecular formula is C21H28N4O. The van der Waals surface area contributed by atoms with E-state index in [1.54, 1.807) is 6.20 Å². The average molecular weight is 352 g/mol. The lowest BCUT2D eigenvalue weighted by atomic mass is 9.87. The second-order valence-corrected chi connectivity index (χ2v) is 7.91. The Labute approximate surface area is 155 Å². The molecule has 0 bridgehead atoms. The van der Waals surface area contributed by atoms with Crippen molar-refractivity contribution in [3.05, 3.63) is 53.3 Å². The molecule has 5 heteroatoms. The van der Waals surface area contributed by atoms with Gasteiger partial charge in [0.25, 0.3) is 5.91 Å². The van der Waals surface area contributed by atoms with Crippen molar-refractivity contribution in [2.75, 3.05) is 18.0 Å². The number of amides is 1. The van der Waals surface area contributed by atoms with Gasteiger partial charge in [0.2, 0.25) is 5.95 Å². The molecule has 0 unspecified atom stereocenters. The Morgan fingerprint density at radius 2 is 1.77 bits per heavy atom. The van der Waals surface area contributed by atoms with Gasteiger partial charge in [0.1, 0.15) is 0 Å². The first-order valence-corrected chi connectivity index (χ1v) is 9.39. The zero-order chi connectivity index (χ0) is 18.6. The monoisotopic (exact) mass is 352 g/mol. The van der Waals surface area contributed by atoms with Crippen molar-refractivity contribution in [3.63, 3.8) is 0 Å². The minimum Gasteiger partial charge on any atom is -0.346 e. The summed E-state index contributed by atoms with van der Waals surface area (Å²) in [5, 5.41) is 2.96. The number of carbonyl (C=O) groups excluding carboxylic acids is 1. The second-order valence-electron chi connectivity index (χ2n) is 7.91. The van der Waals surface area contributed by atoms with E-state index >= 15 is 0 Å². The summed E-state index contributed by atoms with van der Waals surface area (Å²) in [5.41, 5.74) is 2.81. The summed E-state index contributed by atoms with van der Waals surface area (Å²) in [4.78, 5) is 23.6. The fraction of sp³-hybridized carbons (Fsp3) is 0.476. The summed E-state index contributed by atoms with van der Waals surface area (Å²) in [6.07, 6.45) is 5.43. The first-order valence-electron chi connectivity index (χ1n) is 9.39. The van der Waals surface area contributed by atoms with E-state index < -0.39 is 0 Å². The van der Waals surface area contributed by atoms with Crippen LogP contribution >= 0.6 is 0 Å². The van der Waals surface area contributed by atoms with E-state index in [1.165, 1.54) is 24.8 Å². The minimum absolute atomic E-state index is 0.0800. The average Bonchev–Trinajstić information content (AvgIpc) is 2.66. The molecule has 3 rings (SSSR count). The topological polar surface area (TPSA) is 58.1 Å². The van der Waals surface area contributed by atoms with E-state index in [9.17, 15) is 4.79 Å². The second kappa shape index (κ2) is 7.85. The number of hydrogen-bond donors (Lipinski definition) is 1. The Kier molecular flexibility index (Phi) is 5.55. The zero-order valence-corrected chi connectivity index (χ0v) is 16.0. The van der Waals surface area contributed by atoms with Crippen LogP contribution in [0.25, 0.3) is 0 Å². The lowest BCUT2D eigenvalue weighted by molar-refractivity contribution is 0.0950. The van der Waals surface area contributed by atoms with Crippen LogP contribution in [0.4, 0.5) is 5.95 Å². The summed E-state index contributed by atoms with van der Waals surface area (Å²) >= 11 is 0. The van der Waals surface area contributed by atoms with Crippen molar-refractivity contribution in [1.82, 2.24) is 15.3 Å². The summed E-state index contributed by atoms with van der Waals surface area (Å²) in [6, 6.07) is 9.67. The van der Waals surface area contributed by atoms with E-state index in [4.69, 9.17) is 0 Å². The Morgan fingerprint density at radius 3 is 2.42 bits per heavy atom. The van der Waals surface area contributed by atoms with Crippen LogP contribution in [0.1, 0.15) is 61.6 Å². The zero-order valence-electron chi connectivity index (χ0n) is 16.0. The lowest BCUT2D eigenvalue weighted by Crippen LogP contribution is -2.31. The van der Waals surface area contributed by atoms with Gasteiger partial charge in [0.05, 0.1) is 12.2 Å². The third-order valence-corrected chi connectivity index (χ3v) is 4.78. The maximum atomic E-state index is 12.4. The summed E-state index contributed by atoms with van der Waals surface area (Å²) in [7, 11) is 0. The van der Waals surface area contributed by atoms with E-state index in [1.807, 2.05) is 30.3 Å². The van der Waals surface area contributed by atoms with E-state index in [2.05, 4.69) is 41.0 Å². The molecule has 0 radical (unpaired) electrons. The number of nitrogens with one attached hydrogen (secondary N) is 1. The van der Waals surface area contributed by atoms with E-state index in [-0.39, 0.29) is 11.3 Å². The highest BCUT2D eigenvalue weighted by molar-refractivity contribution is 5.94. The lowest BCUT2D eigenvalue weighted by Gasteiger charge is -2.26. The SMILES string of the molecule is CC(C)(C)c1ccc(C(=O)NCc2ccnc(N3CCCCC3)n2)cc1. The molecule has 1 aromatic carbocycles. The van der Waals surface area contributed by atoms with Gasteiger partial charge in [0, 0.05) is 24.8 Å². The molecule has 1 N–H and O–H groups in total. The molecule has 1 aliphatic rings. The highest BCUT2D eigenvalue weighted by Crippen LogP contribution is 2.22. The van der Waals surface area contributed by atoms with Gasteiger partial charge in [-0.2, -0.15) is 0 Å². The van der Waals surface area contributed by atoms with Crippen LogP contribution in [-0.2, 0) is 12.0 Å². The molecule has 5 nitrogen and oxygen atoms in total. The van der Waals surface area contributed by atoms with Gasteiger partial charge in [0.15, 0.2) is 0 Å². The molecule has 1 saturated heterocycles. The molecule has 1 amide bonds. The van der Waals surface area contributed by atoms with Crippen LogP contribution in [0.15, 0.2) is 36.5 Å². The number of nitrogens with zero attached hydrogens (tertiary/aromatic N) is 3. The summed E-state index contributed by atoms with van der Waals surface area (Å²) in [6.45, 7) is 8.92. The van der Waals surface area contributed by atoms with Crippen LogP contribution < -0.4 is 10.2 Å². The number of anilines is 1. The van der Waals surface area contributed by atoms with Crippen molar-refractivity contribution in [3.8, 4) is 0 Å². The largest absolute Gasteiger partial charge is 0.346 e. The molecule has 1 fully saturated rings. The highest BCUT2D eigenvalue weighted by Gasteiger charge is 2.15. The van der Waals surface area contributed by atoms with Gasteiger partial charge >= 0.3 is 0 Å². The van der Waals surface area contributed by atoms with Crippen LogP contribution in [0.2, 0.25) is 0 Å². The fourth-order valence-corrected chi connectivity index (χ4v) is 3.12. The maximum Gasteiger partial charge on any atom is 0.251 e. The molecule has 138 valence electrons. The maximum absolute atomic E-state index is 12.4. The predicted octanol–water partition coefficient (Wildman–Crippen LogP) is 3.69. The van der Waals surface area contributed by atoms with Gasteiger partial charge in [-0.3, -0.25) is 4.79 Å². The van der Waals surface area contributed by atoms with Crippen molar-refractivity contribution in [2.45, 2.75) is 52.0 Å². The third kappa shape index (κ3) is 4.59. The van der Waals surface area contributed by atoms with Gasteiger partial charge in [-0.15, -0.1) is 0 Å². The molecule has 26 heavy (non-hydrogen) atoms. The number of benzene rings is 1. The van der Waals surface area contributed by atoms with Crippen LogP contribution in [0.5, 0.6) is 0 Å². The molecule has 2 heterocycles. The smallest absolute Gasteiger partial charge is 0.251 e. The molecule has 0 spiro atoms. The number of carbonyl (C=O) groups is 1. The fourth-order valence-electron chi connectivity index (χ4n) is 3.12. The highest BCUT2D eigenvalue weighted by atomic mass is 16.1. The van der Waals surface area contributed by atoms with Gasteiger partial charge < -0.3 is 10.2 Å². The Morgan fingerprint density at radius 1 is 1.08 bits per heavy atom. The van der Waals surface area contributed by atoms with Crippen LogP contribution in [-0.4, -0.2) is 29.0 Å². The van der Waals surface area contributed by atoms with Crippen LogP contribution in [0.3, 0.4) is 0 Å². The van der Waals surface area contributed by atoms with Crippen LogP contribution in [0, 0.1) is 0 Å². The Bertz CT molecular complexity index is 743. The number of hydrogen-bond acceptors (Lipinski definition) is 4. The molecule has 1 aliphatic heterocycles. The third-order valence-electron chi connectivity index (χ3n) is 4.78. The standard InChI is InChI=1S/C21H28N4O/c1-21(2,3)17-9-7-16(8-10-17)19(26)23-15-18-11-12-22-20(24-18)25-13-5-4-6-14-25/h7-12H,4-6,13-15H2,1-3H3,(H,23,26). The van der Waals surface area contributed by atoms with Crippen molar-refractivity contribution in [2.24, 2.45) is 0 Å². The molecule has 0 saturated carbocycles. The first-order chi connectivity index (χ1) is 12.4. The first kappa shape index (κ1) is 18.4. The summed E-state index contributed by atoms with van der Waals surface area (Å²) < 4.78 is 0. The quantitative estimate of drug-likeness (QED) is 0.912.